The number of nitrogens with one attached hydrogen (secondary N) is 2. The Labute approximate surface area is 118 Å². The average molecular weight is 274 g/mol. The topological polar surface area (TPSA) is 49.8 Å². The third-order valence-electron chi connectivity index (χ3n) is 3.09. The van der Waals surface area contributed by atoms with E-state index >= 15 is 0 Å². The van der Waals surface area contributed by atoms with E-state index in [1.165, 1.54) is 12.4 Å². The quantitative estimate of drug-likeness (QED) is 0.870. The van der Waals surface area contributed by atoms with Crippen LogP contribution in [-0.2, 0) is 0 Å². The van der Waals surface area contributed by atoms with Crippen LogP contribution >= 0.6 is 0 Å². The second-order valence-corrected chi connectivity index (χ2v) is 4.68. The van der Waals surface area contributed by atoms with Gasteiger partial charge in [0.25, 0.3) is 0 Å². The standard InChI is InChI=1S/C15H19FN4/c1-4-8-17-14-11(3)15(19-9-18-14)20-13-10(2)6-5-7-12(13)16/h5-7,9H,4,8H2,1-3H3,(H2,17,18,19,20). The van der Waals surface area contributed by atoms with Gasteiger partial charge in [-0.2, -0.15) is 0 Å². The number of aromatic nitrogens is 2. The Balaban J connectivity index is 2.30. The molecule has 0 saturated heterocycles. The number of anilines is 3. The van der Waals surface area contributed by atoms with Crippen LogP contribution in [0.1, 0.15) is 24.5 Å². The Morgan fingerprint density at radius 3 is 2.60 bits per heavy atom. The monoisotopic (exact) mass is 274 g/mol. The summed E-state index contributed by atoms with van der Waals surface area (Å²) in [6.07, 6.45) is 2.49. The van der Waals surface area contributed by atoms with Crippen molar-refractivity contribution in [2.75, 3.05) is 17.2 Å². The molecule has 0 bridgehead atoms. The van der Waals surface area contributed by atoms with Crippen LogP contribution in [0.15, 0.2) is 24.5 Å². The van der Waals surface area contributed by atoms with Crippen molar-refractivity contribution >= 4 is 17.3 Å². The number of hydrogen-bond donors (Lipinski definition) is 2. The van der Waals surface area contributed by atoms with Crippen LogP contribution in [0.4, 0.5) is 21.7 Å². The Hall–Kier alpha value is -2.17. The summed E-state index contributed by atoms with van der Waals surface area (Å²) in [5.74, 6) is 1.11. The van der Waals surface area contributed by atoms with Crippen LogP contribution in [0.5, 0.6) is 0 Å². The van der Waals surface area contributed by atoms with E-state index in [0.29, 0.717) is 11.5 Å². The van der Waals surface area contributed by atoms with Crippen molar-refractivity contribution in [3.05, 3.63) is 41.5 Å². The highest BCUT2D eigenvalue weighted by Crippen LogP contribution is 2.26. The maximum absolute atomic E-state index is 13.8. The van der Waals surface area contributed by atoms with Crippen LogP contribution in [-0.4, -0.2) is 16.5 Å². The molecule has 2 N–H and O–H groups in total. The van der Waals surface area contributed by atoms with Gasteiger partial charge in [0.15, 0.2) is 0 Å². The summed E-state index contributed by atoms with van der Waals surface area (Å²) in [5.41, 5.74) is 2.17. The molecule has 1 heterocycles. The number of nitrogens with zero attached hydrogens (tertiary/aromatic N) is 2. The average Bonchev–Trinajstić information content (AvgIpc) is 2.43. The number of para-hydroxylation sites is 1. The molecule has 2 aromatic rings. The molecule has 106 valence electrons. The minimum atomic E-state index is -0.286. The van der Waals surface area contributed by atoms with E-state index in [1.54, 1.807) is 6.07 Å². The minimum Gasteiger partial charge on any atom is -0.370 e. The molecule has 0 spiro atoms. The van der Waals surface area contributed by atoms with Crippen molar-refractivity contribution in [1.29, 1.82) is 0 Å². The Kier molecular flexibility index (Phi) is 4.50. The normalized spacial score (nSPS) is 10.4. The van der Waals surface area contributed by atoms with Gasteiger partial charge in [-0.3, -0.25) is 0 Å². The summed E-state index contributed by atoms with van der Waals surface area (Å²) in [6.45, 7) is 6.70. The fourth-order valence-corrected chi connectivity index (χ4v) is 1.91. The van der Waals surface area contributed by atoms with E-state index in [9.17, 15) is 4.39 Å². The van der Waals surface area contributed by atoms with Gasteiger partial charge in [0, 0.05) is 12.1 Å². The Morgan fingerprint density at radius 2 is 1.90 bits per heavy atom. The van der Waals surface area contributed by atoms with Gasteiger partial charge in [-0.05, 0) is 31.9 Å². The molecule has 1 aromatic heterocycles. The van der Waals surface area contributed by atoms with Gasteiger partial charge >= 0.3 is 0 Å². The molecule has 0 aliphatic carbocycles. The molecule has 0 aliphatic heterocycles. The van der Waals surface area contributed by atoms with Gasteiger partial charge in [0.1, 0.15) is 23.8 Å². The zero-order valence-corrected chi connectivity index (χ0v) is 12.0. The fourth-order valence-electron chi connectivity index (χ4n) is 1.91. The molecule has 20 heavy (non-hydrogen) atoms. The number of hydrogen-bond acceptors (Lipinski definition) is 4. The number of halogens is 1. The highest BCUT2D eigenvalue weighted by molar-refractivity contribution is 5.66. The maximum Gasteiger partial charge on any atom is 0.146 e. The molecule has 2 rings (SSSR count). The summed E-state index contributed by atoms with van der Waals surface area (Å²) in [4.78, 5) is 8.40. The lowest BCUT2D eigenvalue weighted by Crippen LogP contribution is -2.07. The van der Waals surface area contributed by atoms with E-state index in [0.717, 1.165) is 29.9 Å². The fraction of sp³-hybridized carbons (Fsp3) is 0.333. The van der Waals surface area contributed by atoms with Gasteiger partial charge in [-0.15, -0.1) is 0 Å². The molecule has 1 aromatic carbocycles. The first-order valence-corrected chi connectivity index (χ1v) is 6.71. The zero-order chi connectivity index (χ0) is 14.5. The molecule has 0 fully saturated rings. The third-order valence-corrected chi connectivity index (χ3v) is 3.09. The molecule has 4 nitrogen and oxygen atoms in total. The SMILES string of the molecule is CCCNc1ncnc(Nc2c(C)cccc2F)c1C. The lowest BCUT2D eigenvalue weighted by molar-refractivity contribution is 0.630. The Bertz CT molecular complexity index is 578. The van der Waals surface area contributed by atoms with Crippen molar-refractivity contribution in [3.8, 4) is 0 Å². The van der Waals surface area contributed by atoms with Gasteiger partial charge in [-0.25, -0.2) is 14.4 Å². The summed E-state index contributed by atoms with van der Waals surface area (Å²) in [6, 6.07) is 4.98. The molecular formula is C15H19FN4. The molecule has 0 radical (unpaired) electrons. The van der Waals surface area contributed by atoms with Gasteiger partial charge < -0.3 is 10.6 Å². The van der Waals surface area contributed by atoms with Crippen LogP contribution < -0.4 is 10.6 Å². The lowest BCUT2D eigenvalue weighted by atomic mass is 10.2. The largest absolute Gasteiger partial charge is 0.370 e. The van der Waals surface area contributed by atoms with E-state index in [-0.39, 0.29) is 5.82 Å². The molecule has 0 amide bonds. The van der Waals surface area contributed by atoms with Crippen LogP contribution in [0.25, 0.3) is 0 Å². The predicted octanol–water partition coefficient (Wildman–Crippen LogP) is 3.80. The lowest BCUT2D eigenvalue weighted by Gasteiger charge is -2.14. The summed E-state index contributed by atoms with van der Waals surface area (Å²) >= 11 is 0. The first-order chi connectivity index (χ1) is 9.63. The minimum absolute atomic E-state index is 0.286. The summed E-state index contributed by atoms with van der Waals surface area (Å²) in [7, 11) is 0. The molecule has 0 atom stereocenters. The Morgan fingerprint density at radius 1 is 1.15 bits per heavy atom. The number of aryl methyl sites for hydroxylation is 1. The van der Waals surface area contributed by atoms with Crippen molar-refractivity contribution in [1.82, 2.24) is 9.97 Å². The third kappa shape index (κ3) is 3.04. The van der Waals surface area contributed by atoms with Crippen molar-refractivity contribution in [3.63, 3.8) is 0 Å². The molecule has 0 unspecified atom stereocenters. The molecule has 0 aliphatic rings. The van der Waals surface area contributed by atoms with Crippen LogP contribution in [0, 0.1) is 19.7 Å². The second kappa shape index (κ2) is 6.32. The molecule has 5 heteroatoms. The van der Waals surface area contributed by atoms with Gasteiger partial charge in [0.05, 0.1) is 5.69 Å². The number of benzene rings is 1. The van der Waals surface area contributed by atoms with E-state index in [1.807, 2.05) is 19.9 Å². The smallest absolute Gasteiger partial charge is 0.146 e. The van der Waals surface area contributed by atoms with Crippen molar-refractivity contribution < 1.29 is 4.39 Å². The van der Waals surface area contributed by atoms with Gasteiger partial charge in [0.2, 0.25) is 0 Å². The van der Waals surface area contributed by atoms with E-state index in [4.69, 9.17) is 0 Å². The predicted molar refractivity (Wildman–Crippen MR) is 80.0 cm³/mol. The zero-order valence-electron chi connectivity index (χ0n) is 12.0. The van der Waals surface area contributed by atoms with E-state index in [2.05, 4.69) is 27.5 Å². The van der Waals surface area contributed by atoms with Crippen molar-refractivity contribution in [2.45, 2.75) is 27.2 Å². The summed E-state index contributed by atoms with van der Waals surface area (Å²) in [5, 5.41) is 6.29. The number of rotatable bonds is 5. The second-order valence-electron chi connectivity index (χ2n) is 4.68. The summed E-state index contributed by atoms with van der Waals surface area (Å²) < 4.78 is 13.8. The molecular weight excluding hydrogens is 255 g/mol. The highest BCUT2D eigenvalue weighted by atomic mass is 19.1. The van der Waals surface area contributed by atoms with Gasteiger partial charge in [-0.1, -0.05) is 19.1 Å². The van der Waals surface area contributed by atoms with Crippen LogP contribution in [0.3, 0.4) is 0 Å². The highest BCUT2D eigenvalue weighted by Gasteiger charge is 2.10. The van der Waals surface area contributed by atoms with Crippen molar-refractivity contribution in [2.24, 2.45) is 0 Å². The maximum atomic E-state index is 13.8. The first-order valence-electron chi connectivity index (χ1n) is 6.71. The van der Waals surface area contributed by atoms with E-state index < -0.39 is 0 Å². The van der Waals surface area contributed by atoms with Crippen LogP contribution in [0.2, 0.25) is 0 Å². The molecule has 0 saturated carbocycles. The first kappa shape index (κ1) is 14.2.